The van der Waals surface area contributed by atoms with E-state index in [1.54, 1.807) is 12.1 Å². The van der Waals surface area contributed by atoms with Crippen molar-refractivity contribution in [3.63, 3.8) is 0 Å². The fraction of sp³-hybridized carbons (Fsp3) is 0. The minimum atomic E-state index is -0.414. The summed E-state index contributed by atoms with van der Waals surface area (Å²) in [5.41, 5.74) is 4.93. The van der Waals surface area contributed by atoms with Crippen LogP contribution in [0, 0.1) is 0 Å². The van der Waals surface area contributed by atoms with E-state index < -0.39 is 5.91 Å². The van der Waals surface area contributed by atoms with Crippen LogP contribution < -0.4 is 5.43 Å². The summed E-state index contributed by atoms with van der Waals surface area (Å²) in [5.74, 6) is -0.333. The SMILES string of the molecule is O=C(N/N=C\c1cc(O)c(Br)cc1Br)c1cc(-c2ccccc2)n[nH]1. The maximum atomic E-state index is 12.1. The quantitative estimate of drug-likeness (QED) is 0.402. The van der Waals surface area contributed by atoms with Crippen molar-refractivity contribution < 1.29 is 9.90 Å². The molecule has 0 aliphatic rings. The molecule has 0 saturated heterocycles. The first kappa shape index (κ1) is 17.4. The molecule has 8 heteroatoms. The van der Waals surface area contributed by atoms with Crippen molar-refractivity contribution in [3.05, 3.63) is 68.7 Å². The Hall–Kier alpha value is -2.45. The molecule has 0 fully saturated rings. The number of nitrogens with zero attached hydrogens (tertiary/aromatic N) is 2. The van der Waals surface area contributed by atoms with Gasteiger partial charge in [-0.25, -0.2) is 5.43 Å². The number of hydrogen-bond acceptors (Lipinski definition) is 4. The number of aromatic nitrogens is 2. The van der Waals surface area contributed by atoms with Crippen molar-refractivity contribution in [1.82, 2.24) is 15.6 Å². The average molecular weight is 464 g/mol. The summed E-state index contributed by atoms with van der Waals surface area (Å²) in [6, 6.07) is 14.4. The number of carbonyl (C=O) groups is 1. The maximum absolute atomic E-state index is 12.1. The molecule has 0 spiro atoms. The molecular weight excluding hydrogens is 452 g/mol. The Labute approximate surface area is 160 Å². The lowest BCUT2D eigenvalue weighted by molar-refractivity contribution is 0.0950. The number of halogens is 2. The van der Waals surface area contributed by atoms with Crippen molar-refractivity contribution in [1.29, 1.82) is 0 Å². The summed E-state index contributed by atoms with van der Waals surface area (Å²) in [7, 11) is 0. The summed E-state index contributed by atoms with van der Waals surface area (Å²) < 4.78 is 1.29. The van der Waals surface area contributed by atoms with Crippen molar-refractivity contribution >= 4 is 44.0 Å². The molecular formula is C17H12Br2N4O2. The third-order valence-corrected chi connectivity index (χ3v) is 4.65. The number of aromatic hydroxyl groups is 1. The minimum absolute atomic E-state index is 0.0806. The molecule has 0 bridgehead atoms. The van der Waals surface area contributed by atoms with Gasteiger partial charge >= 0.3 is 0 Å². The van der Waals surface area contributed by atoms with Crippen LogP contribution in [0.5, 0.6) is 5.75 Å². The van der Waals surface area contributed by atoms with Gasteiger partial charge in [0.1, 0.15) is 11.4 Å². The fourth-order valence-electron chi connectivity index (χ4n) is 2.07. The van der Waals surface area contributed by atoms with Gasteiger partial charge in [0.15, 0.2) is 0 Å². The Morgan fingerprint density at radius 3 is 2.68 bits per heavy atom. The predicted octanol–water partition coefficient (Wildman–Crippen LogP) is 4.07. The smallest absolute Gasteiger partial charge is 0.289 e. The molecule has 0 aliphatic heterocycles. The van der Waals surface area contributed by atoms with Gasteiger partial charge < -0.3 is 5.11 Å². The summed E-state index contributed by atoms with van der Waals surface area (Å²) in [5, 5.41) is 20.4. The number of aromatic amines is 1. The lowest BCUT2D eigenvalue weighted by atomic mass is 10.1. The molecule has 0 atom stereocenters. The highest BCUT2D eigenvalue weighted by Gasteiger charge is 2.10. The Morgan fingerprint density at radius 1 is 1.16 bits per heavy atom. The first-order valence-corrected chi connectivity index (χ1v) is 8.75. The van der Waals surface area contributed by atoms with E-state index in [-0.39, 0.29) is 5.75 Å². The molecule has 1 amide bonds. The van der Waals surface area contributed by atoms with E-state index in [2.05, 4.69) is 52.6 Å². The Bertz CT molecular complexity index is 939. The van der Waals surface area contributed by atoms with Gasteiger partial charge in [0, 0.05) is 15.6 Å². The molecule has 3 rings (SSSR count). The zero-order valence-corrected chi connectivity index (χ0v) is 15.9. The molecule has 0 unspecified atom stereocenters. The minimum Gasteiger partial charge on any atom is -0.507 e. The molecule has 2 aromatic carbocycles. The van der Waals surface area contributed by atoms with Gasteiger partial charge in [0.2, 0.25) is 0 Å². The van der Waals surface area contributed by atoms with E-state index in [9.17, 15) is 9.90 Å². The molecule has 6 nitrogen and oxygen atoms in total. The van der Waals surface area contributed by atoms with Crippen LogP contribution in [0.3, 0.4) is 0 Å². The summed E-state index contributed by atoms with van der Waals surface area (Å²) >= 11 is 6.58. The molecule has 0 radical (unpaired) electrons. The summed E-state index contributed by atoms with van der Waals surface area (Å²) in [6.45, 7) is 0. The van der Waals surface area contributed by atoms with Crippen LogP contribution in [0.4, 0.5) is 0 Å². The first-order valence-electron chi connectivity index (χ1n) is 7.17. The van der Waals surface area contributed by atoms with E-state index in [1.807, 2.05) is 30.3 Å². The third kappa shape index (κ3) is 4.15. The highest BCUT2D eigenvalue weighted by molar-refractivity contribution is 9.11. The number of nitrogens with one attached hydrogen (secondary N) is 2. The van der Waals surface area contributed by atoms with Crippen LogP contribution >= 0.6 is 31.9 Å². The zero-order chi connectivity index (χ0) is 17.8. The largest absolute Gasteiger partial charge is 0.507 e. The van der Waals surface area contributed by atoms with Gasteiger partial charge in [-0.3, -0.25) is 9.89 Å². The Kier molecular flexibility index (Phi) is 5.30. The van der Waals surface area contributed by atoms with Crippen LogP contribution in [0.15, 0.2) is 62.6 Å². The van der Waals surface area contributed by atoms with Gasteiger partial charge in [-0.1, -0.05) is 46.3 Å². The van der Waals surface area contributed by atoms with Crippen LogP contribution in [0.2, 0.25) is 0 Å². The van der Waals surface area contributed by atoms with Crippen molar-refractivity contribution in [2.45, 2.75) is 0 Å². The highest BCUT2D eigenvalue weighted by atomic mass is 79.9. The van der Waals surface area contributed by atoms with E-state index in [0.29, 0.717) is 21.4 Å². The van der Waals surface area contributed by atoms with Crippen molar-refractivity contribution in [2.75, 3.05) is 0 Å². The summed E-state index contributed by atoms with van der Waals surface area (Å²) in [4.78, 5) is 12.1. The molecule has 0 aliphatic carbocycles. The molecule has 1 aromatic heterocycles. The fourth-order valence-corrected chi connectivity index (χ4v) is 3.16. The number of phenols is 1. The maximum Gasteiger partial charge on any atom is 0.289 e. The van der Waals surface area contributed by atoms with Gasteiger partial charge in [0.05, 0.1) is 16.4 Å². The number of hydrogen-bond donors (Lipinski definition) is 3. The number of carbonyl (C=O) groups excluding carboxylic acids is 1. The van der Waals surface area contributed by atoms with Crippen LogP contribution in [0.25, 0.3) is 11.3 Å². The predicted molar refractivity (Wildman–Crippen MR) is 103 cm³/mol. The Morgan fingerprint density at radius 2 is 1.92 bits per heavy atom. The normalized spacial score (nSPS) is 11.0. The second-order valence-corrected chi connectivity index (χ2v) is 6.77. The van der Waals surface area contributed by atoms with E-state index in [1.165, 1.54) is 12.3 Å². The van der Waals surface area contributed by atoms with Gasteiger partial charge in [-0.15, -0.1) is 0 Å². The molecule has 3 aromatic rings. The number of phenolic OH excluding ortho intramolecular Hbond substituents is 1. The van der Waals surface area contributed by atoms with Crippen molar-refractivity contribution in [3.8, 4) is 17.0 Å². The lowest BCUT2D eigenvalue weighted by Crippen LogP contribution is -2.18. The zero-order valence-electron chi connectivity index (χ0n) is 12.7. The van der Waals surface area contributed by atoms with Gasteiger partial charge in [-0.05, 0) is 34.1 Å². The highest BCUT2D eigenvalue weighted by Crippen LogP contribution is 2.29. The average Bonchev–Trinajstić information content (AvgIpc) is 3.10. The number of amides is 1. The molecule has 126 valence electrons. The monoisotopic (exact) mass is 462 g/mol. The van der Waals surface area contributed by atoms with Gasteiger partial charge in [-0.2, -0.15) is 10.2 Å². The van der Waals surface area contributed by atoms with E-state index in [4.69, 9.17) is 0 Å². The summed E-state index contributed by atoms with van der Waals surface area (Å²) in [6.07, 6.45) is 1.43. The molecule has 3 N–H and O–H groups in total. The second-order valence-electron chi connectivity index (χ2n) is 5.06. The second kappa shape index (κ2) is 7.62. The van der Waals surface area contributed by atoms with Gasteiger partial charge in [0.25, 0.3) is 5.91 Å². The topological polar surface area (TPSA) is 90.4 Å². The number of H-pyrrole nitrogens is 1. The van der Waals surface area contributed by atoms with Crippen LogP contribution in [-0.4, -0.2) is 27.4 Å². The van der Waals surface area contributed by atoms with Crippen LogP contribution in [0.1, 0.15) is 16.1 Å². The number of rotatable bonds is 4. The third-order valence-electron chi connectivity index (χ3n) is 3.33. The molecule has 25 heavy (non-hydrogen) atoms. The van der Waals surface area contributed by atoms with Crippen molar-refractivity contribution in [2.24, 2.45) is 5.10 Å². The molecule has 0 saturated carbocycles. The number of hydrazone groups is 1. The van der Waals surface area contributed by atoms with E-state index in [0.717, 1.165) is 10.0 Å². The van der Waals surface area contributed by atoms with E-state index >= 15 is 0 Å². The Balaban J connectivity index is 1.69. The first-order chi connectivity index (χ1) is 12.0. The molecule has 1 heterocycles. The van der Waals surface area contributed by atoms with Crippen LogP contribution in [-0.2, 0) is 0 Å². The lowest BCUT2D eigenvalue weighted by Gasteiger charge is -2.02. The standard InChI is InChI=1S/C17H12Br2N4O2/c18-12-7-13(19)16(24)6-11(12)9-20-23-17(25)15-8-14(21-22-15)10-4-2-1-3-5-10/h1-9,24H,(H,21,22)(H,23,25)/b20-9-. The number of benzene rings is 2.